The Morgan fingerprint density at radius 2 is 0.553 bits per heavy atom. The molecule has 15 aromatic heterocycles. The van der Waals surface area contributed by atoms with Gasteiger partial charge in [-0.25, -0.2) is 159 Å². The van der Waals surface area contributed by atoms with E-state index < -0.39 is 71.0 Å². The maximum atomic E-state index is 13.1. The summed E-state index contributed by atoms with van der Waals surface area (Å²) < 4.78 is 204. The van der Waals surface area contributed by atoms with E-state index in [2.05, 4.69) is 170 Å². The number of anilines is 5. The fourth-order valence-electron chi connectivity index (χ4n) is 19.1. The molecule has 8 unspecified atom stereocenters. The second-order valence-corrected chi connectivity index (χ2v) is 49.3. The van der Waals surface area contributed by atoms with E-state index in [0.29, 0.717) is 116 Å². The molecule has 53 heteroatoms. The molecule has 0 saturated carbocycles. The number of aromatic nitrogens is 25. The van der Waals surface area contributed by atoms with Gasteiger partial charge in [-0.05, 0) is 171 Å². The zero-order valence-electron chi connectivity index (χ0n) is 84.9. The molecule has 0 spiro atoms. The first-order valence-corrected chi connectivity index (χ1v) is 58.0. The molecular weight excluding hydrogens is 2040 g/mol. The van der Waals surface area contributed by atoms with Gasteiger partial charge in [0.05, 0.1) is 96.7 Å². The largest absolute Gasteiger partial charge is 0.396 e. The SMILES string of the molecule is CC1C(CN=S(C)(C)=O)CCCN1c1cc(-c2cnc3ccc(C(F)F)nn23)ncn1.CC1C(CN=S(C)(C)=O)CCCN1c1cc(-c2cnc3ccc(C(F)F)nn23)ncn1.CC1C(N=S(C)(C)=O)CCCN1c1cc(-c2cnc3ccc(C(F)F)nn23)ncn1.CC1C(N=S(C)(C)=O)CCCN1c1cc(-c2cnc3ccc(C(F)F)nn23)ncn1.C[C@@H]1C[C@H](CO)[C@H](C)N(c2cc(-c3cnc4ccc(C(F)F)nn34)ncn2)C1. The zero-order valence-corrected chi connectivity index (χ0v) is 88.2. The van der Waals surface area contributed by atoms with Crippen LogP contribution in [0.1, 0.15) is 160 Å². The van der Waals surface area contributed by atoms with Crippen LogP contribution >= 0.6 is 0 Å². The standard InChI is InChI=1S/2C20H25F2N7OS.2C19H23F2N7OS.C19H22F2N6O/c2*1-13-14(10-26-31(2,3)30)5-4-8-28(13)19-9-16(24-12-25-19)17-11-23-18-7-6-15(20(21)22)27-29(17)18;2*1-12-13(26-30(2,3)29)5-4-8-27(12)18-9-15(23-11-24-18)16-10-22-17-7-6-14(19(20)21)25-28(16)17;1-11-5-13(9-28)12(2)26(8-11)18-6-15(23-10-24-18)16-7-22-17-4-3-14(19(20)21)25-27(16)17/h2*6-7,9,11-14,20H,4-5,8,10H2,1-3H3;2*6-7,9-13,19H,4-5,8H2,1-3H3;3-4,6-7,10-13,19,28H,5,8-9H2,1-2H3/t;;;;11-,12+,13-/m....1/s1. The molecule has 1 N–H and O–H groups in total. The first-order chi connectivity index (χ1) is 71.4. The second kappa shape index (κ2) is 46.6. The summed E-state index contributed by atoms with van der Waals surface area (Å²) in [5.41, 5.74) is 6.04. The first-order valence-electron chi connectivity index (χ1n) is 48.7. The Morgan fingerprint density at radius 3 is 0.793 bits per heavy atom. The summed E-state index contributed by atoms with van der Waals surface area (Å²) in [7, 11) is -8.68. The van der Waals surface area contributed by atoms with Crippen molar-refractivity contribution in [2.75, 3.05) is 127 Å². The van der Waals surface area contributed by atoms with Crippen molar-refractivity contribution in [1.82, 2.24) is 123 Å². The molecule has 5 aliphatic heterocycles. The molecule has 5 fully saturated rings. The Balaban J connectivity index is 0.000000134. The van der Waals surface area contributed by atoms with Crippen molar-refractivity contribution in [1.29, 1.82) is 0 Å². The predicted octanol–water partition coefficient (Wildman–Crippen LogP) is 16.3. The molecule has 800 valence electrons. The van der Waals surface area contributed by atoms with Gasteiger partial charge >= 0.3 is 0 Å². The first kappa shape index (κ1) is 109. The molecule has 11 atom stereocenters. The van der Waals surface area contributed by atoms with E-state index in [9.17, 15) is 65.8 Å². The number of nitrogens with zero attached hydrogens (tertiary/aromatic N) is 34. The highest BCUT2D eigenvalue weighted by molar-refractivity contribution is 7.93. The number of hydrogen-bond donors (Lipinski definition) is 1. The van der Waals surface area contributed by atoms with Crippen LogP contribution in [0.5, 0.6) is 0 Å². The lowest BCUT2D eigenvalue weighted by atomic mass is 9.85. The average molecular weight is 2160 g/mol. The molecule has 15 aromatic rings. The third kappa shape index (κ3) is 26.2. The van der Waals surface area contributed by atoms with Crippen molar-refractivity contribution in [3.05, 3.63) is 182 Å². The Labute approximate surface area is 860 Å². The summed E-state index contributed by atoms with van der Waals surface area (Å²) in [6, 6.07) is 23.4. The fraction of sp³-hybridized carbons (Fsp3) is 0.485. The van der Waals surface area contributed by atoms with Crippen LogP contribution in [-0.4, -0.2) is 290 Å². The quantitative estimate of drug-likeness (QED) is 0.0616. The monoisotopic (exact) mass is 2160 g/mol. The number of fused-ring (bicyclic) bond motifs is 5. The summed E-state index contributed by atoms with van der Waals surface area (Å²) in [5.74, 6) is 4.79. The van der Waals surface area contributed by atoms with Gasteiger partial charge in [0.2, 0.25) is 0 Å². The average Bonchev–Trinajstić information content (AvgIpc) is 1.68. The Morgan fingerprint density at radius 1 is 0.313 bits per heavy atom. The third-order valence-electron chi connectivity index (χ3n) is 26.9. The van der Waals surface area contributed by atoms with E-state index in [-0.39, 0.29) is 95.1 Å². The Bertz CT molecular complexity index is 7460. The number of imidazole rings is 5. The van der Waals surface area contributed by atoms with Crippen LogP contribution in [0, 0.1) is 23.7 Å². The number of aliphatic hydroxyl groups is 1. The highest BCUT2D eigenvalue weighted by Gasteiger charge is 2.38. The van der Waals surface area contributed by atoms with Crippen molar-refractivity contribution < 1.29 is 65.8 Å². The van der Waals surface area contributed by atoms with Gasteiger partial charge in [-0.3, -0.25) is 16.8 Å². The summed E-state index contributed by atoms with van der Waals surface area (Å²) in [4.78, 5) is 75.8. The number of aliphatic hydroxyl groups excluding tert-OH is 1. The molecule has 0 bridgehead atoms. The highest BCUT2D eigenvalue weighted by Crippen LogP contribution is 2.39. The van der Waals surface area contributed by atoms with Gasteiger partial charge in [-0.15, -0.1) is 0 Å². The van der Waals surface area contributed by atoms with Gasteiger partial charge in [0.1, 0.15) is 118 Å². The molecular formula is C97H118F10N34O5S4. The summed E-state index contributed by atoms with van der Waals surface area (Å²) in [5, 5.41) is 29.7. The highest BCUT2D eigenvalue weighted by atomic mass is 32.2. The minimum Gasteiger partial charge on any atom is -0.396 e. The fourth-order valence-corrected chi connectivity index (χ4v) is 22.1. The van der Waals surface area contributed by atoms with Crippen LogP contribution in [0.2, 0.25) is 0 Å². The van der Waals surface area contributed by atoms with E-state index in [4.69, 9.17) is 0 Å². The van der Waals surface area contributed by atoms with E-state index in [1.807, 2.05) is 32.0 Å². The summed E-state index contributed by atoms with van der Waals surface area (Å²) in [6.07, 6.45) is 23.5. The van der Waals surface area contributed by atoms with Crippen molar-refractivity contribution in [2.45, 2.75) is 174 Å². The summed E-state index contributed by atoms with van der Waals surface area (Å²) in [6.45, 7) is 17.9. The maximum Gasteiger partial charge on any atom is 0.282 e. The lowest BCUT2D eigenvalue weighted by molar-refractivity contribution is 0.144. The normalized spacial score (nSPS) is 20.5. The van der Waals surface area contributed by atoms with Gasteiger partial charge < -0.3 is 29.6 Å². The van der Waals surface area contributed by atoms with Crippen molar-refractivity contribution >= 4 is 96.2 Å². The molecule has 20 rings (SSSR count). The van der Waals surface area contributed by atoms with Gasteiger partial charge in [0.15, 0.2) is 28.2 Å². The third-order valence-corrected chi connectivity index (χ3v) is 30.0. The molecule has 0 radical (unpaired) electrons. The molecule has 20 heterocycles. The lowest BCUT2D eigenvalue weighted by Crippen LogP contribution is -2.48. The van der Waals surface area contributed by atoms with Crippen LogP contribution in [0.4, 0.5) is 73.0 Å². The molecule has 0 aromatic carbocycles. The molecule has 5 saturated heterocycles. The Hall–Kier alpha value is -13.4. The van der Waals surface area contributed by atoms with Crippen molar-refractivity contribution in [3.63, 3.8) is 0 Å². The van der Waals surface area contributed by atoms with Gasteiger partial charge in [0, 0.05) is 183 Å². The number of piperidine rings is 5. The summed E-state index contributed by atoms with van der Waals surface area (Å²) >= 11 is 0. The van der Waals surface area contributed by atoms with Crippen LogP contribution in [0.15, 0.2) is 171 Å². The van der Waals surface area contributed by atoms with E-state index in [0.717, 1.165) is 108 Å². The molecule has 0 amide bonds. The Kier molecular flexibility index (Phi) is 33.9. The molecule has 5 aliphatic rings. The van der Waals surface area contributed by atoms with E-state index in [1.54, 1.807) is 93.2 Å². The van der Waals surface area contributed by atoms with Crippen LogP contribution in [0.25, 0.3) is 85.2 Å². The number of rotatable bonds is 22. The van der Waals surface area contributed by atoms with Crippen LogP contribution in [0.3, 0.4) is 0 Å². The smallest absolute Gasteiger partial charge is 0.282 e. The molecule has 0 aliphatic carbocycles. The number of hydrogen-bond acceptors (Lipinski definition) is 34. The van der Waals surface area contributed by atoms with Gasteiger partial charge in [-0.2, -0.15) is 25.5 Å². The van der Waals surface area contributed by atoms with Crippen LogP contribution < -0.4 is 24.5 Å². The minimum atomic E-state index is -2.67. The number of halogens is 10. The predicted molar refractivity (Wildman–Crippen MR) is 554 cm³/mol. The van der Waals surface area contributed by atoms with Crippen molar-refractivity contribution in [3.8, 4) is 56.9 Å². The van der Waals surface area contributed by atoms with Crippen molar-refractivity contribution in [2.24, 2.45) is 41.1 Å². The lowest BCUT2D eigenvalue weighted by Gasteiger charge is -2.42. The van der Waals surface area contributed by atoms with Gasteiger partial charge in [0.25, 0.3) is 32.1 Å². The molecule has 39 nitrogen and oxygen atoms in total. The van der Waals surface area contributed by atoms with Gasteiger partial charge in [-0.1, -0.05) is 6.92 Å². The van der Waals surface area contributed by atoms with Crippen LogP contribution in [-0.2, 0) is 38.9 Å². The maximum absolute atomic E-state index is 13.1. The second-order valence-electron chi connectivity index (χ2n) is 38.9. The number of alkyl halides is 10. The van der Waals surface area contributed by atoms with E-state index >= 15 is 0 Å². The van der Waals surface area contributed by atoms with E-state index in [1.165, 1.54) is 115 Å². The topological polar surface area (TPSA) is 434 Å². The zero-order chi connectivity index (χ0) is 107. The minimum absolute atomic E-state index is 0.0213. The molecule has 150 heavy (non-hydrogen) atoms.